The Morgan fingerprint density at radius 1 is 0.372 bits per heavy atom. The maximum atomic E-state index is 2.44. The number of fused-ring (bicyclic) bond motifs is 5. The van der Waals surface area contributed by atoms with Crippen LogP contribution in [0.4, 0.5) is 22.7 Å². The van der Waals surface area contributed by atoms with Crippen LogP contribution in [0.5, 0.6) is 0 Å². The van der Waals surface area contributed by atoms with Crippen LogP contribution in [0.25, 0.3) is 21.8 Å². The second kappa shape index (κ2) is 36.8. The van der Waals surface area contributed by atoms with Gasteiger partial charge in [-0.1, -0.05) is 374 Å². The molecule has 0 fully saturated rings. The molecule has 12 rings (SSSR count). The highest BCUT2D eigenvalue weighted by Crippen LogP contribution is 2.47. The molecular formula is C85H115N3SSi5. The summed E-state index contributed by atoms with van der Waals surface area (Å²) in [5.74, 6) is 0. The Balaban J connectivity index is 0.000000200. The van der Waals surface area contributed by atoms with Crippen molar-refractivity contribution >= 4 is 117 Å². The Bertz CT molecular complexity index is 3630. The summed E-state index contributed by atoms with van der Waals surface area (Å²) >= 11 is 1.84. The van der Waals surface area contributed by atoms with Crippen molar-refractivity contribution in [2.45, 2.75) is 153 Å². The van der Waals surface area contributed by atoms with E-state index < -0.39 is 40.4 Å². The molecule has 9 heteroatoms. The normalized spacial score (nSPS) is 11.7. The molecule has 0 spiro atoms. The number of nitrogens with zero attached hydrogens (tertiary/aromatic N) is 3. The van der Waals surface area contributed by atoms with Gasteiger partial charge in [0.2, 0.25) is 0 Å². The molecule has 0 radical (unpaired) electrons. The zero-order valence-corrected chi connectivity index (χ0v) is 67.2. The van der Waals surface area contributed by atoms with Gasteiger partial charge in [0.05, 0.1) is 19.4 Å². The first-order valence-corrected chi connectivity index (χ1v) is 51.9. The van der Waals surface area contributed by atoms with Gasteiger partial charge in [-0.3, -0.25) is 0 Å². The third kappa shape index (κ3) is 25.0. The lowest BCUT2D eigenvalue weighted by Gasteiger charge is -2.32. The number of hydrogen-bond donors (Lipinski definition) is 0. The lowest BCUT2D eigenvalue weighted by molar-refractivity contribution is 0.724. The third-order valence-corrected chi connectivity index (χ3v) is 31.0. The number of unbranched alkanes of at least 4 members (excludes halogenated alkanes) is 1. The van der Waals surface area contributed by atoms with E-state index in [9.17, 15) is 0 Å². The van der Waals surface area contributed by atoms with E-state index in [-0.39, 0.29) is 0 Å². The largest absolute Gasteiger partial charge is 0.345 e. The van der Waals surface area contributed by atoms with E-state index in [1.807, 2.05) is 23.9 Å². The molecule has 0 bridgehead atoms. The van der Waals surface area contributed by atoms with Gasteiger partial charge in [-0.2, -0.15) is 0 Å². The summed E-state index contributed by atoms with van der Waals surface area (Å²) < 4.78 is 2.24. The molecule has 94 heavy (non-hydrogen) atoms. The predicted molar refractivity (Wildman–Crippen MR) is 441 cm³/mol. The number of para-hydroxylation sites is 6. The number of aromatic nitrogens is 1. The molecule has 496 valence electrons. The minimum absolute atomic E-state index is 0.576. The molecule has 0 N–H and O–H groups in total. The summed E-state index contributed by atoms with van der Waals surface area (Å²) in [7, 11) is 1.25. The Morgan fingerprint density at radius 2 is 0.649 bits per heavy atom. The maximum Gasteiger partial charge on any atom is 0.145 e. The van der Waals surface area contributed by atoms with Crippen LogP contribution >= 0.6 is 11.8 Å². The van der Waals surface area contributed by atoms with Crippen LogP contribution in [-0.2, 0) is 7.05 Å². The van der Waals surface area contributed by atoms with E-state index in [2.05, 4.69) is 422 Å². The zero-order chi connectivity index (χ0) is 69.2. The fraction of sp³-hybridized carbons (Fsp3) is 0.294. The molecule has 1 aliphatic rings. The Morgan fingerprint density at radius 3 is 0.926 bits per heavy atom. The van der Waals surface area contributed by atoms with Gasteiger partial charge < -0.3 is 14.4 Å². The third-order valence-electron chi connectivity index (χ3n) is 17.0. The van der Waals surface area contributed by atoms with Crippen molar-refractivity contribution in [2.24, 2.45) is 7.05 Å². The lowest BCUT2D eigenvalue weighted by Crippen LogP contribution is -2.64. The van der Waals surface area contributed by atoms with E-state index in [0.29, 0.717) is 5.04 Å². The second-order valence-electron chi connectivity index (χ2n) is 30.4. The number of rotatable bonds is 9. The van der Waals surface area contributed by atoms with Crippen LogP contribution in [-0.4, -0.2) is 59.0 Å². The molecule has 1 aliphatic heterocycles. The van der Waals surface area contributed by atoms with Crippen molar-refractivity contribution in [3.8, 4) is 0 Å². The first kappa shape index (κ1) is 77.7. The molecule has 0 amide bonds. The Kier molecular flexibility index (Phi) is 30.4. The van der Waals surface area contributed by atoms with Gasteiger partial charge in [0.25, 0.3) is 0 Å². The van der Waals surface area contributed by atoms with Gasteiger partial charge in [0.15, 0.2) is 0 Å². The van der Waals surface area contributed by atoms with E-state index in [1.54, 1.807) is 0 Å². The van der Waals surface area contributed by atoms with Crippen molar-refractivity contribution < 1.29 is 0 Å². The fourth-order valence-corrected chi connectivity index (χ4v) is 17.3. The van der Waals surface area contributed by atoms with Crippen molar-refractivity contribution in [2.75, 3.05) is 23.9 Å². The number of hydrogen-bond acceptors (Lipinski definition) is 3. The highest BCUT2D eigenvalue weighted by atomic mass is 32.2. The van der Waals surface area contributed by atoms with Crippen LogP contribution < -0.4 is 30.5 Å². The molecule has 1 aromatic heterocycles. The molecule has 10 aromatic carbocycles. The highest BCUT2D eigenvalue weighted by Gasteiger charge is 2.33. The van der Waals surface area contributed by atoms with E-state index >= 15 is 0 Å². The van der Waals surface area contributed by atoms with Gasteiger partial charge in [0, 0.05) is 88.3 Å². The number of benzene rings is 10. The molecule has 0 unspecified atom stereocenters. The van der Waals surface area contributed by atoms with E-state index in [1.165, 1.54) is 94.0 Å². The van der Waals surface area contributed by atoms with Crippen molar-refractivity contribution in [3.63, 3.8) is 0 Å². The number of aryl methyl sites for hydroxylation is 1. The van der Waals surface area contributed by atoms with Gasteiger partial charge >= 0.3 is 0 Å². The minimum Gasteiger partial charge on any atom is -0.345 e. The summed E-state index contributed by atoms with van der Waals surface area (Å²) in [6.45, 7) is 42.6. The Labute approximate surface area is 580 Å². The molecular weight excluding hydrogens is 1240 g/mol. The molecule has 0 atom stereocenters. The topological polar surface area (TPSA) is 11.4 Å². The molecule has 0 saturated carbocycles. The van der Waals surface area contributed by atoms with E-state index in [4.69, 9.17) is 0 Å². The van der Waals surface area contributed by atoms with Gasteiger partial charge in [-0.15, -0.1) is 0 Å². The molecule has 0 saturated heterocycles. The van der Waals surface area contributed by atoms with E-state index in [0.717, 1.165) is 0 Å². The summed E-state index contributed by atoms with van der Waals surface area (Å²) in [5, 5.41) is 9.16. The first-order chi connectivity index (χ1) is 44.3. The monoisotopic (exact) mass is 1350 g/mol. The van der Waals surface area contributed by atoms with Gasteiger partial charge in [-0.05, 0) is 81.3 Å². The highest BCUT2D eigenvalue weighted by molar-refractivity contribution is 7.99. The predicted octanol–water partition coefficient (Wildman–Crippen LogP) is 23.9. The summed E-state index contributed by atoms with van der Waals surface area (Å²) in [4.78, 5) is 7.08. The maximum absolute atomic E-state index is 2.44. The molecule has 0 aliphatic carbocycles. The second-order valence-corrected chi connectivity index (χ2v) is 58.2. The van der Waals surface area contributed by atoms with Gasteiger partial charge in [-0.25, -0.2) is 0 Å². The van der Waals surface area contributed by atoms with Crippen LogP contribution in [0, 0.1) is 0 Å². The molecule has 11 aromatic rings. The Hall–Kier alpha value is -6.97. The van der Waals surface area contributed by atoms with Crippen molar-refractivity contribution in [3.05, 3.63) is 279 Å². The average Bonchev–Trinajstić information content (AvgIpc) is 1.24. The minimum atomic E-state index is -1.88. The summed E-state index contributed by atoms with van der Waals surface area (Å²) in [5.41, 5.74) is 7.60. The summed E-state index contributed by atoms with van der Waals surface area (Å²) in [6.07, 6.45) is 2.81. The first-order valence-electron chi connectivity index (χ1n) is 33.9. The van der Waals surface area contributed by atoms with Crippen LogP contribution in [0.15, 0.2) is 289 Å². The van der Waals surface area contributed by atoms with Crippen LogP contribution in [0.2, 0.25) is 103 Å². The van der Waals surface area contributed by atoms with Crippen molar-refractivity contribution in [1.82, 2.24) is 4.57 Å². The smallest absolute Gasteiger partial charge is 0.145 e. The quantitative estimate of drug-likeness (QED) is 0.105. The lowest BCUT2D eigenvalue weighted by atomic mass is 10.2. The van der Waals surface area contributed by atoms with Crippen LogP contribution in [0.3, 0.4) is 0 Å². The summed E-state index contributed by atoms with van der Waals surface area (Å²) in [6, 6.07) is 99.8. The standard InChI is InChI=1S/C19H18Si.C13H11NS.C13H11N.C13H13N.C9H14Si.2C7H18Si.C4H12Si/c1-20(17-11-5-2-6-12-17,18-13-7-3-8-14-18)19-15-9-4-10-16-19;1-14-10-6-2-4-8-12(10)15-13-9-5-3-7-11(13)14;1-14-12-8-4-2-6-10(12)11-7-3-5-9-13(11)14;1-14(12-8-4-2-5-9-12)13-10-6-3-7-11-13;1-10(2,3)9-7-5-4-6-8-9;1-7(2,3)8(4,5)6;1-5-6-7-8(2,3)4;1-5(2,3)4/h2-16H,1H3;2-9H,1H3;2-9H,1H3;2-11H,1H3;4-8H,1-3H3;1-6H3;5-7H2,1-4H3;1-4H3. The zero-order valence-electron chi connectivity index (χ0n) is 61.4. The SMILES string of the molecule is CC(C)(C)[Si](C)(C)C.CCCC[Si](C)(C)C.CN(c1ccccc1)c1ccccc1.CN1c2ccccc2Sc2ccccc21.C[Si](C)(C)C.C[Si](C)(C)c1ccccc1.C[Si](c1ccccc1)(c1ccccc1)c1ccccc1.Cn1c2ccccc2c2ccccc21. The molecule has 3 nitrogen and oxygen atoms in total. The molecule has 2 heterocycles. The fourth-order valence-electron chi connectivity index (χ4n) is 9.92. The van der Waals surface area contributed by atoms with Crippen molar-refractivity contribution in [1.29, 1.82) is 0 Å². The van der Waals surface area contributed by atoms with Crippen LogP contribution in [0.1, 0.15) is 40.5 Å². The number of anilines is 4. The van der Waals surface area contributed by atoms with Gasteiger partial charge in [0.1, 0.15) is 8.07 Å². The average molecular weight is 1350 g/mol.